The minimum Gasteiger partial charge on any atom is -0.383 e. The van der Waals surface area contributed by atoms with Crippen LogP contribution in [0.2, 0.25) is 0 Å². The lowest BCUT2D eigenvalue weighted by molar-refractivity contribution is 0.0956. The van der Waals surface area contributed by atoms with Gasteiger partial charge in [-0.25, -0.2) is 0 Å². The fourth-order valence-electron chi connectivity index (χ4n) is 2.70. The third kappa shape index (κ3) is 3.85. The summed E-state index contributed by atoms with van der Waals surface area (Å²) in [7, 11) is 0. The van der Waals surface area contributed by atoms with Crippen molar-refractivity contribution in [2.75, 3.05) is 18.4 Å². The van der Waals surface area contributed by atoms with Gasteiger partial charge in [-0.3, -0.25) is 14.6 Å². The molecule has 0 spiro atoms. The van der Waals surface area contributed by atoms with Crippen molar-refractivity contribution in [1.29, 1.82) is 0 Å². The number of aromatic amines is 1. The molecule has 0 aliphatic rings. The molecule has 3 N–H and O–H groups in total. The number of fused-ring (bicyclic) bond motifs is 1. The number of amides is 1. The van der Waals surface area contributed by atoms with E-state index in [-0.39, 0.29) is 11.5 Å². The number of hydrogen-bond acceptors (Lipinski definition) is 4. The van der Waals surface area contributed by atoms with E-state index in [0.29, 0.717) is 24.2 Å². The van der Waals surface area contributed by atoms with Crippen LogP contribution in [0.3, 0.4) is 0 Å². The number of nitrogens with zero attached hydrogens (tertiary/aromatic N) is 1. The predicted molar refractivity (Wildman–Crippen MR) is 99.1 cm³/mol. The number of pyridine rings is 2. The van der Waals surface area contributed by atoms with Crippen LogP contribution in [0.5, 0.6) is 0 Å². The first-order valence-corrected chi connectivity index (χ1v) is 8.11. The first-order valence-electron chi connectivity index (χ1n) is 8.11. The highest BCUT2D eigenvalue weighted by molar-refractivity contribution is 6.06. The Morgan fingerprint density at radius 1 is 1.16 bits per heavy atom. The van der Waals surface area contributed by atoms with Crippen LogP contribution < -0.4 is 16.2 Å². The maximum absolute atomic E-state index is 12.5. The zero-order chi connectivity index (χ0) is 17.8. The Kier molecular flexibility index (Phi) is 4.79. The summed E-state index contributed by atoms with van der Waals surface area (Å²) in [5.74, 6) is -0.255. The molecule has 0 saturated carbocycles. The topological polar surface area (TPSA) is 86.9 Å². The zero-order valence-electron chi connectivity index (χ0n) is 14.2. The number of anilines is 1. The summed E-state index contributed by atoms with van der Waals surface area (Å²) in [6.45, 7) is 4.95. The lowest BCUT2D eigenvalue weighted by Crippen LogP contribution is -2.30. The normalized spacial score (nSPS) is 10.6. The van der Waals surface area contributed by atoms with Gasteiger partial charge in [0.05, 0.1) is 5.56 Å². The van der Waals surface area contributed by atoms with E-state index in [4.69, 9.17) is 0 Å². The smallest absolute Gasteiger partial charge is 0.252 e. The van der Waals surface area contributed by atoms with E-state index in [1.54, 1.807) is 12.4 Å². The summed E-state index contributed by atoms with van der Waals surface area (Å²) < 4.78 is 0. The van der Waals surface area contributed by atoms with Crippen molar-refractivity contribution >= 4 is 22.5 Å². The van der Waals surface area contributed by atoms with Gasteiger partial charge in [0.25, 0.3) is 5.91 Å². The Hall–Kier alpha value is -3.15. The predicted octanol–water partition coefficient (Wildman–Crippen LogP) is 2.38. The molecule has 25 heavy (non-hydrogen) atoms. The number of aromatic nitrogens is 2. The van der Waals surface area contributed by atoms with Crippen LogP contribution in [0.1, 0.15) is 21.5 Å². The third-order valence-electron chi connectivity index (χ3n) is 3.99. The molecule has 3 aromatic rings. The molecule has 6 nitrogen and oxygen atoms in total. The van der Waals surface area contributed by atoms with Gasteiger partial charge in [-0.2, -0.15) is 0 Å². The average molecular weight is 336 g/mol. The molecule has 0 saturated heterocycles. The van der Waals surface area contributed by atoms with Gasteiger partial charge in [-0.15, -0.1) is 0 Å². The van der Waals surface area contributed by atoms with Crippen molar-refractivity contribution in [3.8, 4) is 0 Å². The Bertz CT molecular complexity index is 979. The van der Waals surface area contributed by atoms with Gasteiger partial charge in [-0.1, -0.05) is 11.6 Å². The van der Waals surface area contributed by atoms with Gasteiger partial charge >= 0.3 is 0 Å². The summed E-state index contributed by atoms with van der Waals surface area (Å²) >= 11 is 0. The Morgan fingerprint density at radius 2 is 2.00 bits per heavy atom. The van der Waals surface area contributed by atoms with E-state index >= 15 is 0 Å². The second-order valence-electron chi connectivity index (χ2n) is 5.97. The van der Waals surface area contributed by atoms with Crippen molar-refractivity contribution < 1.29 is 4.79 Å². The lowest BCUT2D eigenvalue weighted by atomic mass is 10.1. The molecule has 128 valence electrons. The molecule has 1 amide bonds. The van der Waals surface area contributed by atoms with Crippen LogP contribution >= 0.6 is 0 Å². The van der Waals surface area contributed by atoms with E-state index in [0.717, 1.165) is 22.2 Å². The SMILES string of the molecule is Cc1ccc2[nH]c(=O)cc(C(=O)NCCNc3ccncc3C)c2c1. The van der Waals surface area contributed by atoms with Crippen molar-refractivity contribution in [2.45, 2.75) is 13.8 Å². The highest BCUT2D eigenvalue weighted by Crippen LogP contribution is 2.17. The molecule has 1 aromatic carbocycles. The van der Waals surface area contributed by atoms with Gasteiger partial charge in [0.1, 0.15) is 0 Å². The van der Waals surface area contributed by atoms with Gasteiger partial charge in [0.2, 0.25) is 5.56 Å². The van der Waals surface area contributed by atoms with Crippen LogP contribution in [0.4, 0.5) is 5.69 Å². The van der Waals surface area contributed by atoms with Gasteiger partial charge < -0.3 is 15.6 Å². The van der Waals surface area contributed by atoms with Crippen LogP contribution in [0.15, 0.2) is 47.5 Å². The number of H-pyrrole nitrogens is 1. The zero-order valence-corrected chi connectivity index (χ0v) is 14.2. The number of carbonyl (C=O) groups excluding carboxylic acids is 1. The number of hydrogen-bond donors (Lipinski definition) is 3. The summed E-state index contributed by atoms with van der Waals surface area (Å²) in [5.41, 5.74) is 3.83. The number of nitrogens with one attached hydrogen (secondary N) is 3. The van der Waals surface area contributed by atoms with Gasteiger partial charge in [-0.05, 0) is 37.6 Å². The molecular formula is C19H20N4O2. The van der Waals surface area contributed by atoms with Gasteiger partial charge in [0.15, 0.2) is 0 Å². The Morgan fingerprint density at radius 3 is 2.80 bits per heavy atom. The monoisotopic (exact) mass is 336 g/mol. The summed E-state index contributed by atoms with van der Waals surface area (Å²) in [6, 6.07) is 8.86. The summed E-state index contributed by atoms with van der Waals surface area (Å²) in [4.78, 5) is 31.1. The van der Waals surface area contributed by atoms with Crippen molar-refractivity contribution in [2.24, 2.45) is 0 Å². The van der Waals surface area contributed by atoms with E-state index < -0.39 is 0 Å². The molecule has 0 unspecified atom stereocenters. The molecule has 0 radical (unpaired) electrons. The largest absolute Gasteiger partial charge is 0.383 e. The quantitative estimate of drug-likeness (QED) is 0.624. The molecular weight excluding hydrogens is 316 g/mol. The standard InChI is InChI=1S/C19H20N4O2/c1-12-3-4-17-14(9-12)15(10-18(24)23-17)19(25)22-8-7-21-16-5-6-20-11-13(16)2/h3-6,9-11H,7-8H2,1-2H3,(H,20,21)(H,22,25)(H,23,24). The van der Waals surface area contributed by atoms with E-state index in [9.17, 15) is 9.59 Å². The highest BCUT2D eigenvalue weighted by Gasteiger charge is 2.11. The maximum atomic E-state index is 12.5. The van der Waals surface area contributed by atoms with E-state index in [2.05, 4.69) is 20.6 Å². The van der Waals surface area contributed by atoms with Crippen molar-refractivity contribution in [1.82, 2.24) is 15.3 Å². The molecule has 3 rings (SSSR count). The number of rotatable bonds is 5. The highest BCUT2D eigenvalue weighted by atomic mass is 16.2. The van der Waals surface area contributed by atoms with Gasteiger partial charge in [0, 0.05) is 48.1 Å². The van der Waals surface area contributed by atoms with Crippen molar-refractivity contribution in [3.63, 3.8) is 0 Å². The fourth-order valence-corrected chi connectivity index (χ4v) is 2.70. The number of benzene rings is 1. The van der Waals surface area contributed by atoms with E-state index in [1.807, 2.05) is 38.1 Å². The Labute approximate surface area is 145 Å². The first-order chi connectivity index (χ1) is 12.0. The average Bonchev–Trinajstić information content (AvgIpc) is 2.59. The van der Waals surface area contributed by atoms with E-state index in [1.165, 1.54) is 6.07 Å². The molecule has 0 aliphatic heterocycles. The minimum absolute atomic E-state index is 0.255. The molecule has 6 heteroatoms. The number of aryl methyl sites for hydroxylation is 2. The summed E-state index contributed by atoms with van der Waals surface area (Å²) in [6.07, 6.45) is 3.50. The second kappa shape index (κ2) is 7.17. The maximum Gasteiger partial charge on any atom is 0.252 e. The number of carbonyl (C=O) groups is 1. The Balaban J connectivity index is 1.69. The first kappa shape index (κ1) is 16.7. The molecule has 0 bridgehead atoms. The van der Waals surface area contributed by atoms with Crippen LogP contribution in [-0.4, -0.2) is 29.0 Å². The van der Waals surface area contributed by atoms with Crippen LogP contribution in [0.25, 0.3) is 10.9 Å². The summed E-state index contributed by atoms with van der Waals surface area (Å²) in [5, 5.41) is 6.86. The molecule has 0 aliphatic carbocycles. The molecule has 2 heterocycles. The minimum atomic E-state index is -0.285. The molecule has 0 atom stereocenters. The molecule has 2 aromatic heterocycles. The van der Waals surface area contributed by atoms with Crippen LogP contribution in [0, 0.1) is 13.8 Å². The fraction of sp³-hybridized carbons (Fsp3) is 0.211. The van der Waals surface area contributed by atoms with Crippen LogP contribution in [-0.2, 0) is 0 Å². The third-order valence-corrected chi connectivity index (χ3v) is 3.99. The lowest BCUT2D eigenvalue weighted by Gasteiger charge is -2.11. The second-order valence-corrected chi connectivity index (χ2v) is 5.97. The molecule has 0 fully saturated rings. The van der Waals surface area contributed by atoms with Crippen molar-refractivity contribution in [3.05, 3.63) is 69.8 Å².